The zero-order chi connectivity index (χ0) is 80.2. The van der Waals surface area contributed by atoms with Gasteiger partial charge in [0.2, 0.25) is 5.75 Å². The molecule has 580 valence electrons. The van der Waals surface area contributed by atoms with Crippen molar-refractivity contribution in [3.8, 4) is 102 Å². The Morgan fingerprint density at radius 3 is 1.52 bits per heavy atom. The number of benzene rings is 9. The number of hydrogen-bond acceptors (Lipinski definition) is 18. The number of aromatic nitrogens is 15. The van der Waals surface area contributed by atoms with Crippen molar-refractivity contribution in [3.63, 3.8) is 0 Å². The molecule has 6 aromatic heterocycles. The molecule has 31 heteroatoms. The molecule has 6 heterocycles. The van der Waals surface area contributed by atoms with Crippen molar-refractivity contribution in [2.24, 2.45) is 0 Å². The van der Waals surface area contributed by atoms with E-state index in [2.05, 4.69) is 96.0 Å². The topological polar surface area (TPSA) is 233 Å². The SMILES string of the molecule is CC(C)Oc1ccc(Cc2n[nH]c(=S)n2-c2ccccc2)cc1Cl.CCc1ccc(-n2c(-c3cc(Cl)ccc3OC)n[nH]c2=S)cc1.COc1cc(-c2n[nH]c(=S)n2-c2ccc(C)cc2C)cc(OC)c1OC.COc1ccc(OCc2n[nH]c(=S)n2-c2ccccc2)cc1.Fc1ccc(-n2c(-c3cccs3)n[nH]c2=S)cc1. The second-order valence-corrected chi connectivity index (χ2v) is 28.6. The Morgan fingerprint density at radius 1 is 0.460 bits per heavy atom. The molecule has 0 spiro atoms. The van der Waals surface area contributed by atoms with E-state index in [9.17, 15) is 4.39 Å². The van der Waals surface area contributed by atoms with Crippen molar-refractivity contribution in [2.75, 3.05) is 35.5 Å². The summed E-state index contributed by atoms with van der Waals surface area (Å²) in [6, 6.07) is 66.6. The molecule has 15 aromatic rings. The lowest BCUT2D eigenvalue weighted by molar-refractivity contribution is 0.242. The highest BCUT2D eigenvalue weighted by molar-refractivity contribution is 7.72. The molecule has 22 nitrogen and oxygen atoms in total. The highest BCUT2D eigenvalue weighted by atomic mass is 35.5. The van der Waals surface area contributed by atoms with E-state index in [0.717, 1.165) is 85.1 Å². The van der Waals surface area contributed by atoms with Crippen LogP contribution in [0.2, 0.25) is 10.0 Å². The van der Waals surface area contributed by atoms with Gasteiger partial charge in [-0.15, -0.1) is 11.3 Å². The van der Waals surface area contributed by atoms with Crippen molar-refractivity contribution in [1.82, 2.24) is 73.8 Å². The number of halogens is 3. The van der Waals surface area contributed by atoms with Gasteiger partial charge in [0.15, 0.2) is 58.7 Å². The summed E-state index contributed by atoms with van der Waals surface area (Å²) in [4.78, 5) is 1.01. The average Bonchev–Trinajstić information content (AvgIpc) is 1.66. The Morgan fingerprint density at radius 2 is 0.973 bits per heavy atom. The predicted octanol–water partition coefficient (Wildman–Crippen LogP) is 21.3. The smallest absolute Gasteiger partial charge is 0.203 e. The number of ether oxygens (including phenoxy) is 7. The van der Waals surface area contributed by atoms with E-state index in [1.807, 2.05) is 195 Å². The van der Waals surface area contributed by atoms with E-state index in [4.69, 9.17) is 117 Å². The summed E-state index contributed by atoms with van der Waals surface area (Å²) in [7, 11) is 8.00. The standard InChI is InChI=1S/C19H21N3O3S.C18H18ClN3OS.C17H16ClN3OS.C16H15N3O2S.C12H8FN3S2/c1-11-6-7-14(12(2)8-11)22-18(20-21-19(22)26)13-9-15(23-3)17(25-5)16(10-13)24-4;1-12(2)23-16-9-8-13(10-15(16)19)11-17-20-21-18(24)22(17)14-6-4-3-5-7-14;1-3-11-4-7-13(8-5-11)21-16(19-20-17(21)23)14-10-12(18)6-9-15(14)22-2;1-20-13-7-9-14(10-8-13)21-11-15-17-18-16(22)19(15)12-5-3-2-4-6-12;13-8-3-5-9(6-4-8)16-11(14-15-12(16)17)10-2-1-7-18-10/h6-10H,1-5H3,(H,21,26);3-10,12H,11H2,1-2H3,(H,21,24);4-10H,3H2,1-2H3,(H,20,23);2-10H,11H2,1H3,(H,18,22);1-7H,(H,15,17). The van der Waals surface area contributed by atoms with Crippen LogP contribution in [0.1, 0.15) is 54.7 Å². The van der Waals surface area contributed by atoms with Gasteiger partial charge in [0.1, 0.15) is 41.2 Å². The minimum atomic E-state index is -0.272. The Bertz CT molecular complexity index is 5960. The molecular formula is C82H78Cl2FN15O7S6. The molecule has 0 aliphatic carbocycles. The molecule has 15 rings (SSSR count). The van der Waals surface area contributed by atoms with E-state index in [0.29, 0.717) is 93.1 Å². The third-order valence-corrected chi connectivity index (χ3v) is 19.8. The summed E-state index contributed by atoms with van der Waals surface area (Å²) in [5.41, 5.74) is 10.8. The van der Waals surface area contributed by atoms with Crippen LogP contribution in [0.15, 0.2) is 218 Å². The first-order valence-electron chi connectivity index (χ1n) is 35.0. The maximum Gasteiger partial charge on any atom is 0.203 e. The van der Waals surface area contributed by atoms with Crippen LogP contribution in [0.25, 0.3) is 61.9 Å². The number of para-hydroxylation sites is 2. The van der Waals surface area contributed by atoms with E-state index in [1.165, 1.54) is 23.3 Å². The Labute approximate surface area is 690 Å². The molecule has 0 bridgehead atoms. The highest BCUT2D eigenvalue weighted by Gasteiger charge is 2.21. The first-order valence-corrected chi connectivity index (χ1v) is 38.7. The summed E-state index contributed by atoms with van der Waals surface area (Å²) in [5.74, 6) is 7.91. The zero-order valence-corrected chi connectivity index (χ0v) is 69.3. The molecular weight excluding hydrogens is 1590 g/mol. The van der Waals surface area contributed by atoms with Crippen LogP contribution in [-0.4, -0.2) is 115 Å². The summed E-state index contributed by atoms with van der Waals surface area (Å²) >= 11 is 40.8. The quantitative estimate of drug-likeness (QED) is 0.0421. The Hall–Kier alpha value is -11.4. The van der Waals surface area contributed by atoms with E-state index in [1.54, 1.807) is 69.7 Å². The lowest BCUT2D eigenvalue weighted by Gasteiger charge is -2.15. The summed E-state index contributed by atoms with van der Waals surface area (Å²) < 4.78 is 63.2. The molecule has 0 unspecified atom stereocenters. The summed E-state index contributed by atoms with van der Waals surface area (Å²) in [6.45, 7) is 10.5. The minimum absolute atomic E-state index is 0.0858. The number of rotatable bonds is 21. The fraction of sp³-hybridized carbons (Fsp3) is 0.171. The van der Waals surface area contributed by atoms with Crippen molar-refractivity contribution >= 4 is 95.6 Å². The van der Waals surface area contributed by atoms with Crippen molar-refractivity contribution in [2.45, 2.75) is 60.2 Å². The van der Waals surface area contributed by atoms with Crippen molar-refractivity contribution in [1.29, 1.82) is 0 Å². The lowest BCUT2D eigenvalue weighted by atomic mass is 10.1. The van der Waals surface area contributed by atoms with Gasteiger partial charge in [-0.2, -0.15) is 25.5 Å². The molecule has 0 aliphatic rings. The number of aryl methyl sites for hydroxylation is 3. The lowest BCUT2D eigenvalue weighted by Crippen LogP contribution is -2.06. The Balaban J connectivity index is 0.000000140. The normalized spacial score (nSPS) is 10.7. The van der Waals surface area contributed by atoms with Crippen LogP contribution in [0.3, 0.4) is 0 Å². The van der Waals surface area contributed by atoms with Gasteiger partial charge in [0.05, 0.1) is 68.5 Å². The molecule has 9 aromatic carbocycles. The first kappa shape index (κ1) is 82.5. The summed E-state index contributed by atoms with van der Waals surface area (Å²) in [6.07, 6.45) is 1.69. The van der Waals surface area contributed by atoms with E-state index >= 15 is 0 Å². The van der Waals surface area contributed by atoms with Gasteiger partial charge >= 0.3 is 0 Å². The van der Waals surface area contributed by atoms with Gasteiger partial charge in [-0.3, -0.25) is 48.3 Å². The van der Waals surface area contributed by atoms with Crippen LogP contribution in [-0.2, 0) is 19.4 Å². The Kier molecular flexibility index (Phi) is 28.6. The van der Waals surface area contributed by atoms with E-state index in [-0.39, 0.29) is 11.9 Å². The van der Waals surface area contributed by atoms with Crippen molar-refractivity contribution < 1.29 is 37.5 Å². The highest BCUT2D eigenvalue weighted by Crippen LogP contribution is 2.42. The molecule has 0 radical (unpaired) electrons. The predicted molar refractivity (Wildman–Crippen MR) is 455 cm³/mol. The second-order valence-electron chi connectivity index (χ2n) is 24.9. The minimum Gasteiger partial charge on any atom is -0.497 e. The first-order chi connectivity index (χ1) is 54.7. The largest absolute Gasteiger partial charge is 0.497 e. The zero-order valence-electron chi connectivity index (χ0n) is 62.9. The van der Waals surface area contributed by atoms with Gasteiger partial charge in [0, 0.05) is 34.1 Å². The fourth-order valence-electron chi connectivity index (χ4n) is 11.7. The number of thiophene rings is 1. The van der Waals surface area contributed by atoms with Crippen LogP contribution >= 0.6 is 95.6 Å². The molecule has 0 atom stereocenters. The number of hydrogen-bond donors (Lipinski definition) is 5. The van der Waals surface area contributed by atoms with Crippen LogP contribution in [0.5, 0.6) is 40.2 Å². The van der Waals surface area contributed by atoms with Gasteiger partial charge in [0.25, 0.3) is 0 Å². The third kappa shape index (κ3) is 20.5. The molecule has 0 saturated heterocycles. The molecule has 5 N–H and O–H groups in total. The maximum atomic E-state index is 12.9. The number of nitrogens with one attached hydrogen (secondary N) is 5. The van der Waals surface area contributed by atoms with Crippen LogP contribution in [0, 0.1) is 43.5 Å². The second kappa shape index (κ2) is 39.2. The average molecular weight is 1670 g/mol. The maximum absolute atomic E-state index is 12.9. The number of methoxy groups -OCH3 is 5. The van der Waals surface area contributed by atoms with Gasteiger partial charge in [-0.05, 0) is 257 Å². The van der Waals surface area contributed by atoms with E-state index < -0.39 is 0 Å². The monoisotopic (exact) mass is 1670 g/mol. The molecule has 113 heavy (non-hydrogen) atoms. The van der Waals surface area contributed by atoms with Crippen molar-refractivity contribution in [3.05, 3.63) is 291 Å². The van der Waals surface area contributed by atoms with Gasteiger partial charge in [-0.25, -0.2) is 4.39 Å². The molecule has 0 aliphatic heterocycles. The molecule has 0 fully saturated rings. The molecule has 0 amide bonds. The number of nitrogens with zero attached hydrogens (tertiary/aromatic N) is 10. The number of aromatic amines is 5. The summed E-state index contributed by atoms with van der Waals surface area (Å²) in [5, 5.41) is 39.0. The van der Waals surface area contributed by atoms with Crippen LogP contribution < -0.4 is 33.2 Å². The van der Waals surface area contributed by atoms with Crippen LogP contribution in [0.4, 0.5) is 4.39 Å². The number of H-pyrrole nitrogens is 5. The van der Waals surface area contributed by atoms with Gasteiger partial charge < -0.3 is 33.2 Å². The molecule has 0 saturated carbocycles. The third-order valence-electron chi connectivity index (χ3n) is 17.0. The fourth-order valence-corrected chi connectivity index (χ4v) is 14.0. The van der Waals surface area contributed by atoms with Gasteiger partial charge in [-0.1, -0.05) is 108 Å².